The van der Waals surface area contributed by atoms with Crippen LogP contribution in [-0.4, -0.2) is 20.0 Å². The Labute approximate surface area is 113 Å². The fourth-order valence-corrected chi connectivity index (χ4v) is 2.24. The fourth-order valence-electron chi connectivity index (χ4n) is 1.88. The number of para-hydroxylation sites is 1. The molecule has 5 heteroatoms. The third-order valence-corrected chi connectivity index (χ3v) is 3.96. The molecule has 0 atom stereocenters. The van der Waals surface area contributed by atoms with E-state index < -0.39 is 0 Å². The Morgan fingerprint density at radius 2 is 2.06 bits per heavy atom. The van der Waals surface area contributed by atoms with Crippen molar-refractivity contribution in [2.24, 2.45) is 0 Å². The summed E-state index contributed by atoms with van der Waals surface area (Å²) in [4.78, 5) is 4.39. The van der Waals surface area contributed by atoms with Gasteiger partial charge in [-0.25, -0.2) is 4.68 Å². The maximum Gasteiger partial charge on any atom is 0.113 e. The predicted molar refractivity (Wildman–Crippen MR) is 73.3 cm³/mol. The molecule has 0 aliphatic heterocycles. The van der Waals surface area contributed by atoms with Gasteiger partial charge in [0.15, 0.2) is 0 Å². The zero-order valence-electron chi connectivity index (χ0n) is 9.84. The van der Waals surface area contributed by atoms with Crippen molar-refractivity contribution >= 4 is 27.0 Å². The van der Waals surface area contributed by atoms with Gasteiger partial charge in [-0.3, -0.25) is 4.98 Å². The molecule has 0 saturated heterocycles. The van der Waals surface area contributed by atoms with Gasteiger partial charge in [-0.15, -0.1) is 5.10 Å². The smallest absolute Gasteiger partial charge is 0.113 e. The average molecular weight is 303 g/mol. The first-order valence-corrected chi connectivity index (χ1v) is 6.43. The molecule has 18 heavy (non-hydrogen) atoms. The second-order valence-corrected chi connectivity index (χ2v) is 4.92. The summed E-state index contributed by atoms with van der Waals surface area (Å²) in [5.41, 5.74) is 4.06. The molecule has 3 rings (SSSR count). The first kappa shape index (κ1) is 11.3. The summed E-state index contributed by atoms with van der Waals surface area (Å²) in [6, 6.07) is 9.90. The fraction of sp³-hybridized carbons (Fsp3) is 0.154. The van der Waals surface area contributed by atoms with Crippen LogP contribution >= 0.6 is 15.9 Å². The quantitative estimate of drug-likeness (QED) is 0.731. The van der Waals surface area contributed by atoms with Gasteiger partial charge in [0.05, 0.1) is 17.8 Å². The third-order valence-electron chi connectivity index (χ3n) is 2.87. The Morgan fingerprint density at radius 1 is 1.22 bits per heavy atom. The number of nitrogens with zero attached hydrogens (tertiary/aromatic N) is 4. The second-order valence-electron chi connectivity index (χ2n) is 4.12. The number of aryl methyl sites for hydroxylation is 1. The van der Waals surface area contributed by atoms with Gasteiger partial charge in [-0.1, -0.05) is 17.3 Å². The van der Waals surface area contributed by atoms with Gasteiger partial charge in [0, 0.05) is 10.7 Å². The van der Waals surface area contributed by atoms with Crippen molar-refractivity contribution < 1.29 is 0 Å². The minimum absolute atomic E-state index is 0.614. The van der Waals surface area contributed by atoms with Crippen molar-refractivity contribution in [1.29, 1.82) is 0 Å². The lowest BCUT2D eigenvalue weighted by atomic mass is 10.2. The zero-order chi connectivity index (χ0) is 12.5. The van der Waals surface area contributed by atoms with Crippen LogP contribution in [0, 0.1) is 6.92 Å². The first-order valence-electron chi connectivity index (χ1n) is 5.64. The summed E-state index contributed by atoms with van der Waals surface area (Å²) in [6.07, 6.45) is 1.81. The molecule has 2 heterocycles. The van der Waals surface area contributed by atoms with Crippen molar-refractivity contribution in [2.75, 3.05) is 0 Å². The molecule has 4 nitrogen and oxygen atoms in total. The Hall–Kier alpha value is -1.75. The summed E-state index contributed by atoms with van der Waals surface area (Å²) < 4.78 is 2.89. The number of hydrogen-bond acceptors (Lipinski definition) is 3. The second kappa shape index (κ2) is 4.49. The van der Waals surface area contributed by atoms with Gasteiger partial charge in [0.1, 0.15) is 5.52 Å². The largest absolute Gasteiger partial charge is 0.258 e. The normalized spacial score (nSPS) is 11.0. The van der Waals surface area contributed by atoms with Crippen molar-refractivity contribution in [3.63, 3.8) is 0 Å². The monoisotopic (exact) mass is 302 g/mol. The molecule has 2 aromatic heterocycles. The summed E-state index contributed by atoms with van der Waals surface area (Å²) >= 11 is 3.57. The molecule has 3 aromatic rings. The molecule has 0 saturated carbocycles. The van der Waals surface area contributed by atoms with Gasteiger partial charge in [0.2, 0.25) is 0 Å². The van der Waals surface area contributed by atoms with Crippen LogP contribution in [0.2, 0.25) is 0 Å². The molecule has 0 bridgehead atoms. The number of fused-ring (bicyclic) bond motifs is 1. The van der Waals surface area contributed by atoms with E-state index in [0.717, 1.165) is 21.2 Å². The van der Waals surface area contributed by atoms with Crippen LogP contribution in [0.15, 0.2) is 41.0 Å². The van der Waals surface area contributed by atoms with Crippen molar-refractivity contribution in [2.45, 2.75) is 13.5 Å². The molecule has 0 unspecified atom stereocenters. The minimum Gasteiger partial charge on any atom is -0.258 e. The van der Waals surface area contributed by atoms with Gasteiger partial charge >= 0.3 is 0 Å². The summed E-state index contributed by atoms with van der Waals surface area (Å²) in [5, 5.41) is 8.30. The molecule has 0 amide bonds. The number of hydrogen-bond donors (Lipinski definition) is 0. The van der Waals surface area contributed by atoms with Gasteiger partial charge < -0.3 is 0 Å². The Morgan fingerprint density at radius 3 is 2.94 bits per heavy atom. The predicted octanol–water partition coefficient (Wildman–Crippen LogP) is 2.95. The molecule has 1 aromatic carbocycles. The van der Waals surface area contributed by atoms with E-state index in [4.69, 9.17) is 0 Å². The van der Waals surface area contributed by atoms with Crippen LogP contribution in [-0.2, 0) is 6.54 Å². The van der Waals surface area contributed by atoms with Crippen molar-refractivity contribution in [3.8, 4) is 0 Å². The third kappa shape index (κ3) is 1.90. The highest BCUT2D eigenvalue weighted by molar-refractivity contribution is 9.10. The van der Waals surface area contributed by atoms with E-state index in [1.807, 2.05) is 41.2 Å². The van der Waals surface area contributed by atoms with Gasteiger partial charge in [0.25, 0.3) is 0 Å². The summed E-state index contributed by atoms with van der Waals surface area (Å²) in [5.74, 6) is 0. The van der Waals surface area contributed by atoms with E-state index in [2.05, 4.69) is 38.1 Å². The molecule has 90 valence electrons. The molecule has 0 fully saturated rings. The summed E-state index contributed by atoms with van der Waals surface area (Å²) in [6.45, 7) is 2.66. The van der Waals surface area contributed by atoms with E-state index in [0.29, 0.717) is 6.54 Å². The number of rotatable bonds is 2. The maximum atomic E-state index is 4.39. The Balaban J connectivity index is 2.04. The highest BCUT2D eigenvalue weighted by atomic mass is 79.9. The average Bonchev–Trinajstić information content (AvgIpc) is 2.79. The van der Waals surface area contributed by atoms with Crippen LogP contribution in [0.25, 0.3) is 11.0 Å². The molecule has 0 aliphatic rings. The Bertz CT molecular complexity index is 705. The maximum absolute atomic E-state index is 4.39. The Kier molecular flexibility index (Phi) is 2.83. The van der Waals surface area contributed by atoms with Crippen molar-refractivity contribution in [1.82, 2.24) is 20.0 Å². The molecule has 0 radical (unpaired) electrons. The highest BCUT2D eigenvalue weighted by Crippen LogP contribution is 2.20. The van der Waals surface area contributed by atoms with Gasteiger partial charge in [-0.2, -0.15) is 0 Å². The minimum atomic E-state index is 0.614. The molecular weight excluding hydrogens is 292 g/mol. The van der Waals surface area contributed by atoms with Gasteiger partial charge in [-0.05, 0) is 46.6 Å². The SMILES string of the molecule is Cc1ccnc(Cn2nnc3ccccc32)c1Br. The van der Waals surface area contributed by atoms with Crippen LogP contribution in [0.1, 0.15) is 11.3 Å². The summed E-state index contributed by atoms with van der Waals surface area (Å²) in [7, 11) is 0. The highest BCUT2D eigenvalue weighted by Gasteiger charge is 2.08. The zero-order valence-corrected chi connectivity index (χ0v) is 11.4. The van der Waals surface area contributed by atoms with E-state index in [1.165, 1.54) is 5.56 Å². The van der Waals surface area contributed by atoms with E-state index in [-0.39, 0.29) is 0 Å². The van der Waals surface area contributed by atoms with E-state index >= 15 is 0 Å². The lowest BCUT2D eigenvalue weighted by Gasteiger charge is -2.06. The number of halogens is 1. The van der Waals surface area contributed by atoms with Crippen LogP contribution in [0.4, 0.5) is 0 Å². The molecule has 0 N–H and O–H groups in total. The molecule has 0 aliphatic carbocycles. The lowest BCUT2D eigenvalue weighted by Crippen LogP contribution is -2.05. The van der Waals surface area contributed by atoms with Crippen LogP contribution in [0.5, 0.6) is 0 Å². The van der Waals surface area contributed by atoms with Crippen LogP contribution in [0.3, 0.4) is 0 Å². The number of aromatic nitrogens is 4. The number of pyridine rings is 1. The van der Waals surface area contributed by atoms with Crippen LogP contribution < -0.4 is 0 Å². The molecular formula is C13H11BrN4. The topological polar surface area (TPSA) is 43.6 Å². The lowest BCUT2D eigenvalue weighted by molar-refractivity contribution is 0.655. The van der Waals surface area contributed by atoms with E-state index in [9.17, 15) is 0 Å². The standard InChI is InChI=1S/C13H11BrN4/c1-9-6-7-15-11(13(9)14)8-18-12-5-3-2-4-10(12)16-17-18/h2-7H,8H2,1H3. The first-order chi connectivity index (χ1) is 8.75. The van der Waals surface area contributed by atoms with Crippen molar-refractivity contribution in [3.05, 3.63) is 52.3 Å². The number of benzene rings is 1. The molecule has 0 spiro atoms. The van der Waals surface area contributed by atoms with E-state index in [1.54, 1.807) is 0 Å².